The molecule has 0 radical (unpaired) electrons. The SMILES string of the molecule is C[C@]12CC[C@H]3C(=CCC4=C3CC[C@H](OC(=O)c3c([N+](=O)[O-])cccc3[N+](=O)[O-])C4)[C@@H]1CCC2=O. The minimum Gasteiger partial charge on any atom is -0.458 e. The molecule has 0 unspecified atom stereocenters. The molecule has 4 aliphatic carbocycles. The van der Waals surface area contributed by atoms with Crippen LogP contribution in [0.2, 0.25) is 0 Å². The summed E-state index contributed by atoms with van der Waals surface area (Å²) in [6.07, 6.45) is 7.82. The van der Waals surface area contributed by atoms with Gasteiger partial charge in [-0.05, 0) is 50.5 Å². The number of rotatable bonds is 4. The van der Waals surface area contributed by atoms with Crippen molar-refractivity contribution < 1.29 is 24.2 Å². The van der Waals surface area contributed by atoms with Crippen LogP contribution in [-0.2, 0) is 9.53 Å². The molecule has 0 spiro atoms. The third kappa shape index (κ3) is 3.45. The topological polar surface area (TPSA) is 130 Å². The molecule has 4 aliphatic rings. The van der Waals surface area contributed by atoms with E-state index < -0.39 is 38.9 Å². The largest absolute Gasteiger partial charge is 0.458 e. The lowest BCUT2D eigenvalue weighted by Gasteiger charge is -2.46. The predicted octanol–water partition coefficient (Wildman–Crippen LogP) is 5.23. The number of ether oxygens (including phenoxy) is 1. The van der Waals surface area contributed by atoms with Crippen LogP contribution in [0.5, 0.6) is 0 Å². The Morgan fingerprint density at radius 3 is 2.47 bits per heavy atom. The summed E-state index contributed by atoms with van der Waals surface area (Å²) in [5, 5.41) is 22.8. The van der Waals surface area contributed by atoms with E-state index in [1.807, 2.05) is 0 Å². The molecular weight excluding hydrogens is 440 g/mol. The van der Waals surface area contributed by atoms with Crippen molar-refractivity contribution in [3.63, 3.8) is 0 Å². The first-order chi connectivity index (χ1) is 16.2. The number of carbonyl (C=O) groups excluding carboxylic acids is 2. The number of fused-ring (bicyclic) bond motifs is 4. The fourth-order valence-corrected chi connectivity index (χ4v) is 6.67. The van der Waals surface area contributed by atoms with Gasteiger partial charge in [0.2, 0.25) is 5.56 Å². The standard InChI is InChI=1S/C25H26N2O7/c1-25-12-11-17-16-8-6-15(13-14(16)5-7-18(17)19(25)9-10-22(25)28)34-24(29)23-20(26(30)31)3-2-4-21(23)27(32)33/h2-4,7,15,17,19H,5-6,8-13H2,1H3/t15-,17+,19-,25-/m0/s1. The molecule has 2 saturated carbocycles. The summed E-state index contributed by atoms with van der Waals surface area (Å²) in [7, 11) is 0. The van der Waals surface area contributed by atoms with Crippen LogP contribution in [0.25, 0.3) is 0 Å². The number of ketones is 1. The number of esters is 1. The summed E-state index contributed by atoms with van der Waals surface area (Å²) in [5.41, 5.74) is 1.93. The van der Waals surface area contributed by atoms with Crippen molar-refractivity contribution in [3.05, 3.63) is 66.8 Å². The molecule has 0 bridgehead atoms. The highest BCUT2D eigenvalue weighted by atomic mass is 16.6. The average molecular weight is 466 g/mol. The predicted molar refractivity (Wildman–Crippen MR) is 121 cm³/mol. The maximum Gasteiger partial charge on any atom is 0.352 e. The second-order valence-electron chi connectivity index (χ2n) is 10.0. The highest BCUT2D eigenvalue weighted by molar-refractivity contribution is 5.98. The van der Waals surface area contributed by atoms with Gasteiger partial charge in [0.25, 0.3) is 11.4 Å². The lowest BCUT2D eigenvalue weighted by atomic mass is 9.58. The van der Waals surface area contributed by atoms with E-state index in [0.717, 1.165) is 44.2 Å². The van der Waals surface area contributed by atoms with Crippen molar-refractivity contribution in [1.82, 2.24) is 0 Å². The van der Waals surface area contributed by atoms with E-state index in [9.17, 15) is 29.8 Å². The van der Waals surface area contributed by atoms with Gasteiger partial charge in [-0.3, -0.25) is 25.0 Å². The van der Waals surface area contributed by atoms with Crippen LogP contribution in [0.4, 0.5) is 11.4 Å². The zero-order chi connectivity index (χ0) is 24.2. The van der Waals surface area contributed by atoms with Crippen molar-refractivity contribution in [1.29, 1.82) is 0 Å². The van der Waals surface area contributed by atoms with Gasteiger partial charge in [-0.15, -0.1) is 0 Å². The fraction of sp³-hybridized carbons (Fsp3) is 0.520. The van der Waals surface area contributed by atoms with Crippen LogP contribution in [-0.4, -0.2) is 27.7 Å². The Hall–Kier alpha value is -3.36. The third-order valence-electron chi connectivity index (χ3n) is 8.38. The molecule has 0 N–H and O–H groups in total. The molecule has 0 amide bonds. The summed E-state index contributed by atoms with van der Waals surface area (Å²) in [6.45, 7) is 2.12. The van der Waals surface area contributed by atoms with E-state index in [2.05, 4.69) is 13.0 Å². The van der Waals surface area contributed by atoms with E-state index in [0.29, 0.717) is 36.9 Å². The van der Waals surface area contributed by atoms with Crippen LogP contribution in [0.1, 0.15) is 68.6 Å². The maximum atomic E-state index is 12.9. The van der Waals surface area contributed by atoms with Gasteiger partial charge in [-0.25, -0.2) is 4.79 Å². The van der Waals surface area contributed by atoms with Crippen molar-refractivity contribution >= 4 is 23.1 Å². The molecule has 5 rings (SSSR count). The number of hydrogen-bond acceptors (Lipinski definition) is 7. The quantitative estimate of drug-likeness (QED) is 0.257. The molecule has 9 nitrogen and oxygen atoms in total. The Balaban J connectivity index is 1.34. The zero-order valence-electron chi connectivity index (χ0n) is 19.0. The monoisotopic (exact) mass is 466 g/mol. The summed E-state index contributed by atoms with van der Waals surface area (Å²) in [4.78, 5) is 46.5. The van der Waals surface area contributed by atoms with Gasteiger partial charge >= 0.3 is 5.97 Å². The molecule has 0 aromatic heterocycles. The number of nitrogens with zero attached hydrogens (tertiary/aromatic N) is 2. The number of nitro groups is 2. The maximum absolute atomic E-state index is 12.9. The molecule has 0 saturated heterocycles. The lowest BCUT2D eigenvalue weighted by molar-refractivity contribution is -0.394. The first kappa shape index (κ1) is 22.4. The molecule has 0 heterocycles. The number of carbonyl (C=O) groups is 2. The van der Waals surface area contributed by atoms with Gasteiger partial charge in [0.1, 0.15) is 11.9 Å². The van der Waals surface area contributed by atoms with Gasteiger partial charge in [0.05, 0.1) is 9.85 Å². The Labute approximate surface area is 196 Å². The van der Waals surface area contributed by atoms with Crippen molar-refractivity contribution in [3.8, 4) is 0 Å². The Morgan fingerprint density at radius 1 is 1.09 bits per heavy atom. The fourth-order valence-electron chi connectivity index (χ4n) is 6.67. The molecule has 2 fully saturated rings. The minimum absolute atomic E-state index is 0.230. The molecule has 9 heteroatoms. The minimum atomic E-state index is -1.03. The first-order valence-corrected chi connectivity index (χ1v) is 11.8. The van der Waals surface area contributed by atoms with Gasteiger partial charge in [-0.1, -0.05) is 29.7 Å². The van der Waals surface area contributed by atoms with E-state index in [1.165, 1.54) is 22.8 Å². The Bertz CT molecular complexity index is 1150. The number of hydrogen-bond donors (Lipinski definition) is 0. The molecule has 1 aromatic rings. The smallest absolute Gasteiger partial charge is 0.352 e. The van der Waals surface area contributed by atoms with Crippen molar-refractivity contribution in [2.24, 2.45) is 17.3 Å². The second-order valence-corrected chi connectivity index (χ2v) is 10.0. The van der Waals surface area contributed by atoms with Crippen LogP contribution in [0, 0.1) is 37.5 Å². The molecular formula is C25H26N2O7. The Morgan fingerprint density at radius 2 is 1.79 bits per heavy atom. The normalized spacial score (nSPS) is 30.1. The van der Waals surface area contributed by atoms with Gasteiger partial charge in [0, 0.05) is 36.3 Å². The average Bonchev–Trinajstić information content (AvgIpc) is 3.12. The first-order valence-electron chi connectivity index (χ1n) is 11.8. The van der Waals surface area contributed by atoms with Crippen LogP contribution >= 0.6 is 0 Å². The van der Waals surface area contributed by atoms with Gasteiger partial charge in [-0.2, -0.15) is 0 Å². The molecule has 178 valence electrons. The number of benzene rings is 1. The third-order valence-corrected chi connectivity index (χ3v) is 8.38. The number of allylic oxidation sites excluding steroid dienone is 3. The van der Waals surface area contributed by atoms with Crippen LogP contribution < -0.4 is 0 Å². The van der Waals surface area contributed by atoms with Crippen molar-refractivity contribution in [2.45, 2.75) is 64.4 Å². The number of Topliss-reactive ketones (excluding diaryl/α,β-unsaturated/α-hetero) is 1. The molecule has 0 aliphatic heterocycles. The van der Waals surface area contributed by atoms with E-state index in [4.69, 9.17) is 4.74 Å². The summed E-state index contributed by atoms with van der Waals surface area (Å²) in [6, 6.07) is 3.33. The summed E-state index contributed by atoms with van der Waals surface area (Å²) >= 11 is 0. The van der Waals surface area contributed by atoms with Gasteiger partial charge < -0.3 is 4.74 Å². The lowest BCUT2D eigenvalue weighted by Crippen LogP contribution is -2.39. The van der Waals surface area contributed by atoms with Crippen molar-refractivity contribution in [2.75, 3.05) is 0 Å². The zero-order valence-corrected chi connectivity index (χ0v) is 19.0. The molecule has 1 aromatic carbocycles. The highest BCUT2D eigenvalue weighted by Gasteiger charge is 2.52. The summed E-state index contributed by atoms with van der Waals surface area (Å²) < 4.78 is 5.60. The highest BCUT2D eigenvalue weighted by Crippen LogP contribution is 2.58. The van der Waals surface area contributed by atoms with E-state index >= 15 is 0 Å². The summed E-state index contributed by atoms with van der Waals surface area (Å²) in [5.74, 6) is 0.0255. The van der Waals surface area contributed by atoms with Crippen LogP contribution in [0.15, 0.2) is 41.0 Å². The van der Waals surface area contributed by atoms with E-state index in [1.54, 1.807) is 0 Å². The van der Waals surface area contributed by atoms with Crippen LogP contribution in [0.3, 0.4) is 0 Å². The molecule has 34 heavy (non-hydrogen) atoms. The second kappa shape index (κ2) is 8.14. The number of nitro benzene ring substituents is 2. The Kier molecular flexibility index (Phi) is 5.37. The van der Waals surface area contributed by atoms with Gasteiger partial charge in [0.15, 0.2) is 0 Å². The molecule has 4 atom stereocenters. The van der Waals surface area contributed by atoms with E-state index in [-0.39, 0.29) is 5.41 Å².